The molecular weight excluding hydrogens is 248 g/mol. The van der Waals surface area contributed by atoms with Crippen LogP contribution < -0.4 is 16.0 Å². The molecule has 0 aliphatic rings. The molecule has 96 valence electrons. The third kappa shape index (κ3) is 3.08. The molecule has 0 radical (unpaired) electrons. The van der Waals surface area contributed by atoms with Crippen molar-refractivity contribution in [2.24, 2.45) is 5.84 Å². The minimum Gasteiger partial charge on any atom is -0.486 e. The Bertz CT molecular complexity index is 630. The Morgan fingerprint density at radius 3 is 3.11 bits per heavy atom. The van der Waals surface area contributed by atoms with Crippen LogP contribution in [0, 0.1) is 11.3 Å². The summed E-state index contributed by atoms with van der Waals surface area (Å²) >= 11 is 0. The van der Waals surface area contributed by atoms with Gasteiger partial charge in [-0.3, -0.25) is 10.2 Å². The second-order valence-electron chi connectivity index (χ2n) is 3.58. The highest BCUT2D eigenvalue weighted by atomic mass is 16.5. The quantitative estimate of drug-likeness (QED) is 0.474. The van der Waals surface area contributed by atoms with Crippen LogP contribution in [0.25, 0.3) is 0 Å². The number of carbonyl (C=O) groups is 1. The maximum Gasteiger partial charge on any atom is 0.287 e. The van der Waals surface area contributed by atoms with Crippen LogP contribution in [-0.4, -0.2) is 11.1 Å². The standard InChI is InChI=1S/C12H10N4O3/c13-6-8-2-1-3-9(4-8)18-7-10-5-11(16-19-10)12(17)15-14/h1-5H,7,14H2,(H,15,17). The highest BCUT2D eigenvalue weighted by Gasteiger charge is 2.11. The van der Waals surface area contributed by atoms with Crippen molar-refractivity contribution in [2.45, 2.75) is 6.61 Å². The van der Waals surface area contributed by atoms with E-state index in [4.69, 9.17) is 20.4 Å². The molecule has 0 aliphatic carbocycles. The fraction of sp³-hybridized carbons (Fsp3) is 0.0833. The first-order chi connectivity index (χ1) is 9.22. The predicted octanol–water partition coefficient (Wildman–Crippen LogP) is 0.729. The number of rotatable bonds is 4. The largest absolute Gasteiger partial charge is 0.486 e. The molecule has 0 atom stereocenters. The first-order valence-electron chi connectivity index (χ1n) is 5.32. The van der Waals surface area contributed by atoms with Gasteiger partial charge in [-0.05, 0) is 18.2 Å². The summed E-state index contributed by atoms with van der Waals surface area (Å²) in [6.07, 6.45) is 0. The molecule has 7 nitrogen and oxygen atoms in total. The molecule has 3 N–H and O–H groups in total. The average molecular weight is 258 g/mol. The van der Waals surface area contributed by atoms with E-state index in [9.17, 15) is 4.79 Å². The van der Waals surface area contributed by atoms with Crippen molar-refractivity contribution in [3.8, 4) is 11.8 Å². The third-order valence-electron chi connectivity index (χ3n) is 2.27. The van der Waals surface area contributed by atoms with Crippen LogP contribution in [0.5, 0.6) is 5.75 Å². The second-order valence-corrected chi connectivity index (χ2v) is 3.58. The van der Waals surface area contributed by atoms with Crippen molar-refractivity contribution >= 4 is 5.91 Å². The Kier molecular flexibility index (Phi) is 3.75. The Balaban J connectivity index is 2.00. The number of amides is 1. The smallest absolute Gasteiger partial charge is 0.287 e. The van der Waals surface area contributed by atoms with Crippen LogP contribution in [0.1, 0.15) is 21.8 Å². The maximum atomic E-state index is 11.1. The number of benzene rings is 1. The molecule has 0 fully saturated rings. The van der Waals surface area contributed by atoms with E-state index in [-0.39, 0.29) is 12.3 Å². The molecule has 1 heterocycles. The number of aromatic nitrogens is 1. The Labute approximate surface area is 108 Å². The maximum absolute atomic E-state index is 11.1. The number of nitrogens with two attached hydrogens (primary N) is 1. The zero-order valence-corrected chi connectivity index (χ0v) is 9.79. The number of nitriles is 1. The van der Waals surface area contributed by atoms with E-state index in [1.807, 2.05) is 11.5 Å². The van der Waals surface area contributed by atoms with Crippen LogP contribution in [0.4, 0.5) is 0 Å². The number of hydrazine groups is 1. The summed E-state index contributed by atoms with van der Waals surface area (Å²) in [6.45, 7) is 0.0970. The molecule has 0 saturated heterocycles. The lowest BCUT2D eigenvalue weighted by Gasteiger charge is -2.02. The highest BCUT2D eigenvalue weighted by molar-refractivity contribution is 5.91. The Hall–Kier alpha value is -2.85. The van der Waals surface area contributed by atoms with Gasteiger partial charge in [0.25, 0.3) is 5.91 Å². The summed E-state index contributed by atoms with van der Waals surface area (Å²) in [5, 5.41) is 12.3. The van der Waals surface area contributed by atoms with Gasteiger partial charge in [0.15, 0.2) is 11.5 Å². The van der Waals surface area contributed by atoms with E-state index >= 15 is 0 Å². The minimum absolute atomic E-state index is 0.0758. The Morgan fingerprint density at radius 2 is 2.37 bits per heavy atom. The number of nitrogens with one attached hydrogen (secondary N) is 1. The van der Waals surface area contributed by atoms with Crippen molar-refractivity contribution < 1.29 is 14.1 Å². The number of hydrogen-bond donors (Lipinski definition) is 2. The van der Waals surface area contributed by atoms with Gasteiger partial charge in [-0.2, -0.15) is 5.26 Å². The van der Waals surface area contributed by atoms with Gasteiger partial charge in [0.1, 0.15) is 12.4 Å². The lowest BCUT2D eigenvalue weighted by molar-refractivity contribution is 0.0944. The molecule has 7 heteroatoms. The van der Waals surface area contributed by atoms with Gasteiger partial charge in [0.2, 0.25) is 0 Å². The van der Waals surface area contributed by atoms with Gasteiger partial charge in [-0.25, -0.2) is 5.84 Å². The van der Waals surface area contributed by atoms with E-state index in [0.717, 1.165) is 0 Å². The number of carbonyl (C=O) groups excluding carboxylic acids is 1. The molecule has 2 aromatic rings. The van der Waals surface area contributed by atoms with Crippen LogP contribution >= 0.6 is 0 Å². The summed E-state index contributed by atoms with van der Waals surface area (Å²) in [6, 6.07) is 10.1. The van der Waals surface area contributed by atoms with Gasteiger partial charge >= 0.3 is 0 Å². The summed E-state index contributed by atoms with van der Waals surface area (Å²) in [4.78, 5) is 11.1. The predicted molar refractivity (Wildman–Crippen MR) is 63.6 cm³/mol. The monoisotopic (exact) mass is 258 g/mol. The molecule has 1 aromatic carbocycles. The normalized spacial score (nSPS) is 9.68. The minimum atomic E-state index is -0.540. The molecule has 0 unspecified atom stereocenters. The van der Waals surface area contributed by atoms with Crippen molar-refractivity contribution in [1.29, 1.82) is 5.26 Å². The fourth-order valence-electron chi connectivity index (χ4n) is 1.37. The molecule has 0 aliphatic heterocycles. The molecular formula is C12H10N4O3. The van der Waals surface area contributed by atoms with Crippen molar-refractivity contribution in [3.63, 3.8) is 0 Å². The van der Waals surface area contributed by atoms with E-state index in [0.29, 0.717) is 17.1 Å². The van der Waals surface area contributed by atoms with Crippen LogP contribution in [0.2, 0.25) is 0 Å². The number of nitrogens with zero attached hydrogens (tertiary/aromatic N) is 2. The molecule has 19 heavy (non-hydrogen) atoms. The van der Waals surface area contributed by atoms with Crippen molar-refractivity contribution in [1.82, 2.24) is 10.6 Å². The number of hydrogen-bond acceptors (Lipinski definition) is 6. The van der Waals surface area contributed by atoms with E-state index in [1.54, 1.807) is 24.3 Å². The van der Waals surface area contributed by atoms with Crippen molar-refractivity contribution in [2.75, 3.05) is 0 Å². The van der Waals surface area contributed by atoms with Gasteiger partial charge < -0.3 is 9.26 Å². The zero-order chi connectivity index (χ0) is 13.7. The van der Waals surface area contributed by atoms with Gasteiger partial charge in [0, 0.05) is 6.07 Å². The second kappa shape index (κ2) is 5.66. The summed E-state index contributed by atoms with van der Waals surface area (Å²) in [5.41, 5.74) is 2.52. The topological polar surface area (TPSA) is 114 Å². The number of nitrogen functional groups attached to an aromatic ring is 1. The number of ether oxygens (including phenoxy) is 1. The molecule has 0 bridgehead atoms. The Morgan fingerprint density at radius 1 is 1.53 bits per heavy atom. The van der Waals surface area contributed by atoms with E-state index in [2.05, 4.69) is 5.16 Å². The van der Waals surface area contributed by atoms with E-state index < -0.39 is 5.91 Å². The zero-order valence-electron chi connectivity index (χ0n) is 9.79. The van der Waals surface area contributed by atoms with Gasteiger partial charge in [-0.1, -0.05) is 11.2 Å². The van der Waals surface area contributed by atoms with E-state index in [1.165, 1.54) is 6.07 Å². The van der Waals surface area contributed by atoms with Crippen molar-refractivity contribution in [3.05, 3.63) is 47.3 Å². The molecule has 1 aromatic heterocycles. The van der Waals surface area contributed by atoms with Crippen LogP contribution in [0.15, 0.2) is 34.9 Å². The fourth-order valence-corrected chi connectivity index (χ4v) is 1.37. The molecule has 2 rings (SSSR count). The average Bonchev–Trinajstić information content (AvgIpc) is 2.93. The first-order valence-corrected chi connectivity index (χ1v) is 5.32. The lowest BCUT2D eigenvalue weighted by Crippen LogP contribution is -2.30. The molecule has 0 spiro atoms. The summed E-state index contributed by atoms with van der Waals surface area (Å²) in [7, 11) is 0. The van der Waals surface area contributed by atoms with Gasteiger partial charge in [0.05, 0.1) is 11.6 Å². The SMILES string of the molecule is N#Cc1cccc(OCc2cc(C(=O)NN)no2)c1. The summed E-state index contributed by atoms with van der Waals surface area (Å²) < 4.78 is 10.3. The van der Waals surface area contributed by atoms with Gasteiger partial charge in [-0.15, -0.1) is 0 Å². The lowest BCUT2D eigenvalue weighted by atomic mass is 10.2. The third-order valence-corrected chi connectivity index (χ3v) is 2.27. The highest BCUT2D eigenvalue weighted by Crippen LogP contribution is 2.15. The molecule has 1 amide bonds. The first kappa shape index (κ1) is 12.6. The molecule has 0 saturated carbocycles. The van der Waals surface area contributed by atoms with Crippen LogP contribution in [-0.2, 0) is 6.61 Å². The summed E-state index contributed by atoms with van der Waals surface area (Å²) in [5.74, 6) is 5.33. The van der Waals surface area contributed by atoms with Crippen LogP contribution in [0.3, 0.4) is 0 Å².